The van der Waals surface area contributed by atoms with Crippen molar-refractivity contribution in [3.8, 4) is 5.75 Å². The third-order valence-electron chi connectivity index (χ3n) is 2.59. The molecule has 1 atom stereocenters. The Morgan fingerprint density at radius 1 is 1.50 bits per heavy atom. The number of aryl methyl sites for hydroxylation is 1. The van der Waals surface area contributed by atoms with E-state index in [1.165, 1.54) is 6.07 Å². The van der Waals surface area contributed by atoms with Gasteiger partial charge in [-0.15, -0.1) is 0 Å². The molecule has 0 aliphatic heterocycles. The molecule has 0 radical (unpaired) electrons. The van der Waals surface area contributed by atoms with Crippen LogP contribution in [0.1, 0.15) is 33.9 Å². The number of aromatic carboxylic acids is 1. The van der Waals surface area contributed by atoms with Crippen LogP contribution in [0.3, 0.4) is 0 Å². The second kappa shape index (κ2) is 2.99. The maximum absolute atomic E-state index is 10.7. The maximum atomic E-state index is 10.7. The molecule has 14 heavy (non-hydrogen) atoms. The zero-order valence-corrected chi connectivity index (χ0v) is 7.53. The zero-order chi connectivity index (χ0) is 10.3. The summed E-state index contributed by atoms with van der Waals surface area (Å²) in [5.74, 6) is -1.02. The SMILES string of the molecule is N[C@H]1CCc2cc(C(=O)O)cc(O)c21. The third-order valence-corrected chi connectivity index (χ3v) is 2.59. The van der Waals surface area contributed by atoms with Gasteiger partial charge >= 0.3 is 5.97 Å². The Morgan fingerprint density at radius 2 is 2.21 bits per heavy atom. The van der Waals surface area contributed by atoms with E-state index in [4.69, 9.17) is 10.8 Å². The van der Waals surface area contributed by atoms with Crippen LogP contribution in [-0.2, 0) is 6.42 Å². The van der Waals surface area contributed by atoms with Crippen molar-refractivity contribution in [2.45, 2.75) is 18.9 Å². The molecule has 74 valence electrons. The smallest absolute Gasteiger partial charge is 0.335 e. The summed E-state index contributed by atoms with van der Waals surface area (Å²) in [6.07, 6.45) is 1.51. The summed E-state index contributed by atoms with van der Waals surface area (Å²) in [5, 5.41) is 18.4. The van der Waals surface area contributed by atoms with Gasteiger partial charge in [-0.3, -0.25) is 0 Å². The molecule has 1 aromatic carbocycles. The minimum atomic E-state index is -1.02. The predicted molar refractivity (Wildman–Crippen MR) is 50.3 cm³/mol. The van der Waals surface area contributed by atoms with Crippen molar-refractivity contribution in [2.75, 3.05) is 0 Å². The van der Waals surface area contributed by atoms with E-state index in [1.54, 1.807) is 6.07 Å². The lowest BCUT2D eigenvalue weighted by Crippen LogP contribution is -2.06. The molecule has 1 aliphatic rings. The van der Waals surface area contributed by atoms with Crippen LogP contribution in [0, 0.1) is 0 Å². The molecule has 4 heteroatoms. The standard InChI is InChI=1S/C10H11NO3/c11-7-2-1-5-3-6(10(13)14)4-8(12)9(5)7/h3-4,7,12H,1-2,11H2,(H,13,14)/t7-/m0/s1. The van der Waals surface area contributed by atoms with Crippen LogP contribution in [0.25, 0.3) is 0 Å². The number of carboxylic acid groups (broad SMARTS) is 1. The van der Waals surface area contributed by atoms with Gasteiger partial charge in [0.25, 0.3) is 0 Å². The second-order valence-corrected chi connectivity index (χ2v) is 3.52. The summed E-state index contributed by atoms with van der Waals surface area (Å²) in [7, 11) is 0. The van der Waals surface area contributed by atoms with E-state index in [0.717, 1.165) is 18.4 Å². The van der Waals surface area contributed by atoms with Gasteiger partial charge in [-0.05, 0) is 30.5 Å². The predicted octanol–water partition coefficient (Wildman–Crippen LogP) is 1.04. The third kappa shape index (κ3) is 1.24. The molecule has 0 saturated heterocycles. The van der Waals surface area contributed by atoms with Crippen LogP contribution in [-0.4, -0.2) is 16.2 Å². The minimum Gasteiger partial charge on any atom is -0.508 e. The molecule has 2 rings (SSSR count). The van der Waals surface area contributed by atoms with Crippen LogP contribution in [0.15, 0.2) is 12.1 Å². The Kier molecular flexibility index (Phi) is 1.93. The average molecular weight is 193 g/mol. The molecule has 0 spiro atoms. The highest BCUT2D eigenvalue weighted by molar-refractivity contribution is 5.88. The number of hydrogen-bond acceptors (Lipinski definition) is 3. The van der Waals surface area contributed by atoms with Gasteiger partial charge in [0.2, 0.25) is 0 Å². The van der Waals surface area contributed by atoms with Crippen LogP contribution < -0.4 is 5.73 Å². The van der Waals surface area contributed by atoms with E-state index in [0.29, 0.717) is 5.56 Å². The first kappa shape index (κ1) is 9.02. The molecule has 0 saturated carbocycles. The summed E-state index contributed by atoms with van der Waals surface area (Å²) < 4.78 is 0. The number of carboxylic acids is 1. The van der Waals surface area contributed by atoms with E-state index in [-0.39, 0.29) is 17.4 Å². The Hall–Kier alpha value is -1.55. The van der Waals surface area contributed by atoms with E-state index in [9.17, 15) is 9.90 Å². The van der Waals surface area contributed by atoms with Gasteiger partial charge in [0.05, 0.1) is 5.56 Å². The fourth-order valence-corrected chi connectivity index (χ4v) is 1.91. The summed E-state index contributed by atoms with van der Waals surface area (Å²) in [6.45, 7) is 0. The first-order valence-corrected chi connectivity index (χ1v) is 4.44. The lowest BCUT2D eigenvalue weighted by Gasteiger charge is -2.08. The molecule has 0 aromatic heterocycles. The van der Waals surface area contributed by atoms with Gasteiger partial charge < -0.3 is 15.9 Å². The summed E-state index contributed by atoms with van der Waals surface area (Å²) in [4.78, 5) is 10.7. The van der Waals surface area contributed by atoms with Crippen molar-refractivity contribution in [3.05, 3.63) is 28.8 Å². The molecule has 0 bridgehead atoms. The van der Waals surface area contributed by atoms with Crippen molar-refractivity contribution in [2.24, 2.45) is 5.73 Å². The number of aromatic hydroxyl groups is 1. The molecule has 1 aromatic rings. The molecule has 0 amide bonds. The summed E-state index contributed by atoms with van der Waals surface area (Å²) >= 11 is 0. The number of nitrogens with two attached hydrogens (primary N) is 1. The molecule has 4 N–H and O–H groups in total. The Balaban J connectivity index is 2.57. The monoisotopic (exact) mass is 193 g/mol. The molecule has 1 aliphatic carbocycles. The number of carbonyl (C=O) groups is 1. The van der Waals surface area contributed by atoms with Crippen molar-refractivity contribution in [3.63, 3.8) is 0 Å². The fraction of sp³-hybridized carbons (Fsp3) is 0.300. The van der Waals surface area contributed by atoms with Gasteiger partial charge in [0, 0.05) is 11.6 Å². The lowest BCUT2D eigenvalue weighted by atomic mass is 10.0. The van der Waals surface area contributed by atoms with E-state index in [1.807, 2.05) is 0 Å². The first-order chi connectivity index (χ1) is 6.59. The minimum absolute atomic E-state index is 0.00454. The molecular weight excluding hydrogens is 182 g/mol. The molecule has 0 fully saturated rings. The first-order valence-electron chi connectivity index (χ1n) is 4.44. The van der Waals surface area contributed by atoms with Crippen molar-refractivity contribution in [1.29, 1.82) is 0 Å². The largest absolute Gasteiger partial charge is 0.508 e. The Morgan fingerprint density at radius 3 is 2.86 bits per heavy atom. The number of phenols is 1. The molecule has 0 unspecified atom stereocenters. The topological polar surface area (TPSA) is 83.6 Å². The Bertz CT molecular complexity index is 401. The van der Waals surface area contributed by atoms with E-state index < -0.39 is 5.97 Å². The Labute approximate surface area is 81.0 Å². The van der Waals surface area contributed by atoms with Gasteiger partial charge in [0.15, 0.2) is 0 Å². The van der Waals surface area contributed by atoms with Crippen LogP contribution >= 0.6 is 0 Å². The zero-order valence-electron chi connectivity index (χ0n) is 7.53. The fourth-order valence-electron chi connectivity index (χ4n) is 1.91. The van der Waals surface area contributed by atoms with E-state index >= 15 is 0 Å². The molecule has 4 nitrogen and oxygen atoms in total. The normalized spacial score (nSPS) is 19.4. The van der Waals surface area contributed by atoms with E-state index in [2.05, 4.69) is 0 Å². The number of fused-ring (bicyclic) bond motifs is 1. The van der Waals surface area contributed by atoms with Crippen molar-refractivity contribution in [1.82, 2.24) is 0 Å². The van der Waals surface area contributed by atoms with Crippen LogP contribution in [0.4, 0.5) is 0 Å². The van der Waals surface area contributed by atoms with Crippen molar-refractivity contribution < 1.29 is 15.0 Å². The molecule has 0 heterocycles. The number of rotatable bonds is 1. The van der Waals surface area contributed by atoms with Gasteiger partial charge in [-0.25, -0.2) is 4.79 Å². The average Bonchev–Trinajstić information content (AvgIpc) is 2.48. The second-order valence-electron chi connectivity index (χ2n) is 3.52. The van der Waals surface area contributed by atoms with Gasteiger partial charge in [0.1, 0.15) is 5.75 Å². The number of benzene rings is 1. The van der Waals surface area contributed by atoms with Crippen molar-refractivity contribution >= 4 is 5.97 Å². The number of phenolic OH excluding ortho intramolecular Hbond substituents is 1. The number of hydrogen-bond donors (Lipinski definition) is 3. The summed E-state index contributed by atoms with van der Waals surface area (Å²) in [5.41, 5.74) is 7.45. The van der Waals surface area contributed by atoms with Crippen LogP contribution in [0.5, 0.6) is 5.75 Å². The highest BCUT2D eigenvalue weighted by atomic mass is 16.4. The maximum Gasteiger partial charge on any atom is 0.335 e. The van der Waals surface area contributed by atoms with Gasteiger partial charge in [-0.2, -0.15) is 0 Å². The van der Waals surface area contributed by atoms with Crippen LogP contribution in [0.2, 0.25) is 0 Å². The highest BCUT2D eigenvalue weighted by Crippen LogP contribution is 2.36. The molecular formula is C10H11NO3. The quantitative estimate of drug-likeness (QED) is 0.622. The van der Waals surface area contributed by atoms with Gasteiger partial charge in [-0.1, -0.05) is 0 Å². The lowest BCUT2D eigenvalue weighted by molar-refractivity contribution is 0.0696. The highest BCUT2D eigenvalue weighted by Gasteiger charge is 2.24. The summed E-state index contributed by atoms with van der Waals surface area (Å²) in [6, 6.07) is 2.68.